The van der Waals surface area contributed by atoms with Crippen LogP contribution in [0.3, 0.4) is 0 Å². The second-order valence-corrected chi connectivity index (χ2v) is 6.80. The molecular formula is C20H22N2O3. The lowest BCUT2D eigenvalue weighted by Gasteiger charge is -2.26. The molecule has 3 unspecified atom stereocenters. The zero-order valence-corrected chi connectivity index (χ0v) is 14.2. The lowest BCUT2D eigenvalue weighted by atomic mass is 10.1. The van der Waals surface area contributed by atoms with E-state index in [0.717, 1.165) is 12.0 Å². The number of nitrogens with zero attached hydrogens (tertiary/aromatic N) is 1. The fraction of sp³-hybridized carbons (Fsp3) is 0.400. The van der Waals surface area contributed by atoms with Crippen LogP contribution in [0.2, 0.25) is 0 Å². The van der Waals surface area contributed by atoms with Crippen molar-refractivity contribution in [2.75, 3.05) is 13.2 Å². The third-order valence-corrected chi connectivity index (χ3v) is 4.87. The minimum absolute atomic E-state index is 0.0712. The monoisotopic (exact) mass is 338 g/mol. The van der Waals surface area contributed by atoms with Crippen molar-refractivity contribution in [3.05, 3.63) is 59.8 Å². The number of nitrogens with one attached hydrogen (secondary N) is 1. The highest BCUT2D eigenvalue weighted by Crippen LogP contribution is 2.47. The summed E-state index contributed by atoms with van der Waals surface area (Å²) in [6, 6.07) is 14.0. The standard InChI is InChI=1S/C20H22N2O3/c1-13(15-7-8-19(21-10-15)25-16-11-24-12-16)22-20(23)18-9-17(18)14-5-3-2-4-6-14/h2-8,10,13,16-18H,9,11-12H2,1H3,(H,22,23). The minimum atomic E-state index is -0.0712. The Morgan fingerprint density at radius 1 is 1.24 bits per heavy atom. The van der Waals surface area contributed by atoms with Crippen LogP contribution in [-0.2, 0) is 9.53 Å². The van der Waals surface area contributed by atoms with Gasteiger partial charge in [0.2, 0.25) is 11.8 Å². The maximum Gasteiger partial charge on any atom is 0.224 e. The molecule has 0 radical (unpaired) electrons. The van der Waals surface area contributed by atoms with Gasteiger partial charge in [0.05, 0.1) is 19.3 Å². The average molecular weight is 338 g/mol. The molecule has 1 aromatic carbocycles. The van der Waals surface area contributed by atoms with Crippen molar-refractivity contribution in [1.82, 2.24) is 10.3 Å². The Balaban J connectivity index is 1.31. The van der Waals surface area contributed by atoms with Gasteiger partial charge in [-0.2, -0.15) is 0 Å². The van der Waals surface area contributed by atoms with Crippen LogP contribution < -0.4 is 10.1 Å². The molecule has 1 amide bonds. The van der Waals surface area contributed by atoms with Gasteiger partial charge in [-0.1, -0.05) is 36.4 Å². The first-order chi connectivity index (χ1) is 12.2. The van der Waals surface area contributed by atoms with Crippen LogP contribution in [0.15, 0.2) is 48.7 Å². The van der Waals surface area contributed by atoms with Gasteiger partial charge in [0, 0.05) is 18.2 Å². The number of amides is 1. The predicted molar refractivity (Wildman–Crippen MR) is 93.3 cm³/mol. The molecule has 3 atom stereocenters. The van der Waals surface area contributed by atoms with Gasteiger partial charge >= 0.3 is 0 Å². The molecule has 2 aromatic rings. The number of carbonyl (C=O) groups is 1. The zero-order chi connectivity index (χ0) is 17.2. The van der Waals surface area contributed by atoms with Crippen molar-refractivity contribution in [1.29, 1.82) is 0 Å². The molecule has 0 bridgehead atoms. The third-order valence-electron chi connectivity index (χ3n) is 4.87. The number of hydrogen-bond donors (Lipinski definition) is 1. The van der Waals surface area contributed by atoms with E-state index in [0.29, 0.717) is 25.0 Å². The second kappa shape index (κ2) is 6.84. The number of ether oxygens (including phenoxy) is 2. The van der Waals surface area contributed by atoms with Crippen LogP contribution in [0.1, 0.15) is 36.4 Å². The second-order valence-electron chi connectivity index (χ2n) is 6.80. The Morgan fingerprint density at radius 2 is 2.04 bits per heavy atom. The van der Waals surface area contributed by atoms with E-state index >= 15 is 0 Å². The summed E-state index contributed by atoms with van der Waals surface area (Å²) in [6.07, 6.45) is 2.80. The van der Waals surface area contributed by atoms with Gasteiger partial charge in [-0.05, 0) is 30.4 Å². The van der Waals surface area contributed by atoms with Crippen molar-refractivity contribution < 1.29 is 14.3 Å². The van der Waals surface area contributed by atoms with Crippen molar-refractivity contribution in [2.45, 2.75) is 31.4 Å². The first-order valence-electron chi connectivity index (χ1n) is 8.76. The number of carbonyl (C=O) groups excluding carboxylic acids is 1. The van der Waals surface area contributed by atoms with Crippen LogP contribution in [0, 0.1) is 5.92 Å². The zero-order valence-electron chi connectivity index (χ0n) is 14.2. The topological polar surface area (TPSA) is 60.5 Å². The van der Waals surface area contributed by atoms with Gasteiger partial charge in [0.1, 0.15) is 6.10 Å². The lowest BCUT2D eigenvalue weighted by molar-refractivity contribution is -0.123. The van der Waals surface area contributed by atoms with E-state index < -0.39 is 0 Å². The third kappa shape index (κ3) is 3.66. The van der Waals surface area contributed by atoms with Gasteiger partial charge in [-0.3, -0.25) is 4.79 Å². The fourth-order valence-corrected chi connectivity index (χ4v) is 3.13. The van der Waals surface area contributed by atoms with E-state index in [-0.39, 0.29) is 24.0 Å². The maximum absolute atomic E-state index is 12.5. The fourth-order valence-electron chi connectivity index (χ4n) is 3.13. The van der Waals surface area contributed by atoms with Crippen LogP contribution >= 0.6 is 0 Å². The first kappa shape index (κ1) is 16.1. The summed E-state index contributed by atoms with van der Waals surface area (Å²) in [4.78, 5) is 16.8. The number of benzene rings is 1. The van der Waals surface area contributed by atoms with Crippen LogP contribution in [0.4, 0.5) is 0 Å². The number of rotatable bonds is 6. The molecule has 5 nitrogen and oxygen atoms in total. The average Bonchev–Trinajstić information content (AvgIpc) is 3.40. The summed E-state index contributed by atoms with van der Waals surface area (Å²) in [5, 5.41) is 3.10. The molecule has 1 aromatic heterocycles. The molecule has 130 valence electrons. The molecule has 2 fully saturated rings. The summed E-state index contributed by atoms with van der Waals surface area (Å²) in [7, 11) is 0. The van der Waals surface area contributed by atoms with Gasteiger partial charge in [-0.15, -0.1) is 0 Å². The maximum atomic E-state index is 12.5. The molecule has 4 rings (SSSR count). The molecule has 2 heterocycles. The van der Waals surface area contributed by atoms with Gasteiger partial charge in [0.25, 0.3) is 0 Å². The first-order valence-corrected chi connectivity index (χ1v) is 8.76. The highest BCUT2D eigenvalue weighted by molar-refractivity contribution is 5.83. The summed E-state index contributed by atoms with van der Waals surface area (Å²) < 4.78 is 10.7. The van der Waals surface area contributed by atoms with E-state index in [2.05, 4.69) is 22.4 Å². The van der Waals surface area contributed by atoms with Gasteiger partial charge in [0.15, 0.2) is 0 Å². The lowest BCUT2D eigenvalue weighted by Crippen LogP contribution is -2.38. The molecule has 1 saturated carbocycles. The smallest absolute Gasteiger partial charge is 0.224 e. The molecule has 1 N–H and O–H groups in total. The number of aromatic nitrogens is 1. The minimum Gasteiger partial charge on any atom is -0.469 e. The normalized spacial score (nSPS) is 23.4. The predicted octanol–water partition coefficient (Wildman–Crippen LogP) is 2.84. The highest BCUT2D eigenvalue weighted by Gasteiger charge is 2.44. The summed E-state index contributed by atoms with van der Waals surface area (Å²) in [5.74, 6) is 1.15. The number of pyridine rings is 1. The van der Waals surface area contributed by atoms with E-state index in [1.807, 2.05) is 37.3 Å². The molecule has 25 heavy (non-hydrogen) atoms. The Labute approximate surface area is 147 Å². The molecule has 1 aliphatic heterocycles. The quantitative estimate of drug-likeness (QED) is 0.880. The molecule has 5 heteroatoms. The Hall–Kier alpha value is -2.40. The van der Waals surface area contributed by atoms with Crippen molar-refractivity contribution in [3.63, 3.8) is 0 Å². The van der Waals surface area contributed by atoms with E-state index in [9.17, 15) is 4.79 Å². The SMILES string of the molecule is CC(NC(=O)C1CC1c1ccccc1)c1ccc(OC2COC2)nc1. The van der Waals surface area contributed by atoms with Crippen molar-refractivity contribution >= 4 is 5.91 Å². The highest BCUT2D eigenvalue weighted by atomic mass is 16.6. The Morgan fingerprint density at radius 3 is 2.68 bits per heavy atom. The Bertz CT molecular complexity index is 728. The van der Waals surface area contributed by atoms with E-state index in [1.165, 1.54) is 5.56 Å². The van der Waals surface area contributed by atoms with Gasteiger partial charge in [-0.25, -0.2) is 4.98 Å². The van der Waals surface area contributed by atoms with Crippen LogP contribution in [0.25, 0.3) is 0 Å². The molecule has 0 spiro atoms. The van der Waals surface area contributed by atoms with Crippen molar-refractivity contribution in [2.24, 2.45) is 5.92 Å². The largest absolute Gasteiger partial charge is 0.469 e. The van der Waals surface area contributed by atoms with Crippen molar-refractivity contribution in [3.8, 4) is 5.88 Å². The summed E-state index contributed by atoms with van der Waals surface area (Å²) in [6.45, 7) is 3.23. The molecular weight excluding hydrogens is 316 g/mol. The number of hydrogen-bond acceptors (Lipinski definition) is 4. The summed E-state index contributed by atoms with van der Waals surface area (Å²) in [5.41, 5.74) is 2.22. The molecule has 1 saturated heterocycles. The summed E-state index contributed by atoms with van der Waals surface area (Å²) >= 11 is 0. The van der Waals surface area contributed by atoms with E-state index in [1.54, 1.807) is 6.20 Å². The van der Waals surface area contributed by atoms with E-state index in [4.69, 9.17) is 9.47 Å². The Kier molecular flexibility index (Phi) is 4.40. The molecule has 2 aliphatic rings. The van der Waals surface area contributed by atoms with Crippen LogP contribution in [-0.4, -0.2) is 30.2 Å². The van der Waals surface area contributed by atoms with Gasteiger partial charge < -0.3 is 14.8 Å². The van der Waals surface area contributed by atoms with Crippen LogP contribution in [0.5, 0.6) is 5.88 Å². The molecule has 1 aliphatic carbocycles.